The lowest BCUT2D eigenvalue weighted by molar-refractivity contribution is 0.0891. The number of nitrogens with one attached hydrogen (secondary N) is 1. The predicted octanol–water partition coefficient (Wildman–Crippen LogP) is 5.78. The Morgan fingerprint density at radius 2 is 1.97 bits per heavy atom. The maximum atomic E-state index is 12.9. The number of carbonyl (C=O) groups excluding carboxylic acids is 1. The Morgan fingerprint density at radius 1 is 1.16 bits per heavy atom. The number of thiazole rings is 1. The zero-order valence-corrected chi connectivity index (χ0v) is 18.9. The van der Waals surface area contributed by atoms with E-state index < -0.39 is 0 Å². The summed E-state index contributed by atoms with van der Waals surface area (Å²) in [6.07, 6.45) is 5.57. The van der Waals surface area contributed by atoms with Crippen LogP contribution in [0.15, 0.2) is 48.7 Å². The van der Waals surface area contributed by atoms with Crippen LogP contribution in [0.1, 0.15) is 43.5 Å². The van der Waals surface area contributed by atoms with Gasteiger partial charge in [0.2, 0.25) is 0 Å². The maximum absolute atomic E-state index is 12.9. The van der Waals surface area contributed by atoms with Crippen LogP contribution in [0.4, 0.5) is 0 Å². The summed E-state index contributed by atoms with van der Waals surface area (Å²) in [6.45, 7) is 4.54. The Hall–Kier alpha value is -2.86. The molecule has 0 unspecified atom stereocenters. The van der Waals surface area contributed by atoms with Gasteiger partial charge in [-0.25, -0.2) is 4.98 Å². The molecule has 0 saturated heterocycles. The van der Waals surface area contributed by atoms with Crippen LogP contribution in [0.3, 0.4) is 0 Å². The maximum Gasteiger partial charge on any atom is 0.251 e. The molecule has 1 fully saturated rings. The molecular weight excluding hydrogens is 406 g/mol. The largest absolute Gasteiger partial charge is 0.497 e. The number of ether oxygens (including phenoxy) is 1. The molecular formula is C25H27N3O2S. The van der Waals surface area contributed by atoms with Crippen molar-refractivity contribution >= 4 is 32.4 Å². The monoisotopic (exact) mass is 433 g/mol. The highest BCUT2D eigenvalue weighted by atomic mass is 32.1. The summed E-state index contributed by atoms with van der Waals surface area (Å²) in [5.41, 5.74) is 3.77. The minimum atomic E-state index is 0.0258. The van der Waals surface area contributed by atoms with Gasteiger partial charge < -0.3 is 10.1 Å². The number of amides is 1. The third-order valence-electron chi connectivity index (χ3n) is 6.77. The number of methoxy groups -OCH3 is 1. The number of hydrogen-bond donors (Lipinski definition) is 1. The van der Waals surface area contributed by atoms with Crippen molar-refractivity contribution in [1.29, 1.82) is 0 Å². The smallest absolute Gasteiger partial charge is 0.251 e. The third kappa shape index (κ3) is 3.69. The van der Waals surface area contributed by atoms with Crippen LogP contribution < -0.4 is 10.1 Å². The van der Waals surface area contributed by atoms with Crippen LogP contribution in [-0.4, -0.2) is 28.4 Å². The highest BCUT2D eigenvalue weighted by molar-refractivity contribution is 7.23. The molecule has 0 bridgehead atoms. The summed E-state index contributed by atoms with van der Waals surface area (Å²) in [5.74, 6) is 2.03. The average molecular weight is 434 g/mol. The molecule has 5 nitrogen and oxygen atoms in total. The molecule has 4 aromatic rings. The van der Waals surface area contributed by atoms with Gasteiger partial charge in [-0.15, -0.1) is 0 Å². The lowest BCUT2D eigenvalue weighted by Crippen LogP contribution is -2.43. The van der Waals surface area contributed by atoms with Gasteiger partial charge in [-0.2, -0.15) is 0 Å². The Balaban J connectivity index is 1.40. The summed E-state index contributed by atoms with van der Waals surface area (Å²) in [6, 6.07) is 14.1. The Morgan fingerprint density at radius 3 is 2.74 bits per heavy atom. The van der Waals surface area contributed by atoms with Crippen molar-refractivity contribution in [2.24, 2.45) is 11.8 Å². The van der Waals surface area contributed by atoms with Gasteiger partial charge in [0.1, 0.15) is 5.75 Å². The summed E-state index contributed by atoms with van der Waals surface area (Å²) in [5, 5.41) is 3.28. The van der Waals surface area contributed by atoms with Crippen molar-refractivity contribution in [2.75, 3.05) is 7.11 Å². The van der Waals surface area contributed by atoms with E-state index in [0.717, 1.165) is 44.2 Å². The van der Waals surface area contributed by atoms with E-state index in [4.69, 9.17) is 9.72 Å². The molecule has 6 heteroatoms. The first-order valence-corrected chi connectivity index (χ1v) is 11.7. The molecule has 160 valence electrons. The molecule has 5 rings (SSSR count). The van der Waals surface area contributed by atoms with E-state index in [1.165, 1.54) is 12.8 Å². The molecule has 2 heterocycles. The first kappa shape index (κ1) is 20.1. The molecule has 1 N–H and O–H groups in total. The second kappa shape index (κ2) is 8.00. The van der Waals surface area contributed by atoms with Crippen molar-refractivity contribution in [3.63, 3.8) is 0 Å². The summed E-state index contributed by atoms with van der Waals surface area (Å²) in [7, 11) is 1.67. The third-order valence-corrected chi connectivity index (χ3v) is 7.78. The van der Waals surface area contributed by atoms with Gasteiger partial charge in [0.25, 0.3) is 5.91 Å². The van der Waals surface area contributed by atoms with Gasteiger partial charge in [-0.05, 0) is 60.7 Å². The predicted molar refractivity (Wildman–Crippen MR) is 126 cm³/mol. The zero-order chi connectivity index (χ0) is 21.5. The van der Waals surface area contributed by atoms with Crippen molar-refractivity contribution < 1.29 is 9.53 Å². The molecule has 0 aliphatic heterocycles. The topological polar surface area (TPSA) is 55.6 Å². The van der Waals surface area contributed by atoms with E-state index in [-0.39, 0.29) is 11.9 Å². The molecule has 2 aromatic carbocycles. The Bertz CT molecular complexity index is 1240. The number of nitrogens with zero attached hydrogens (tertiary/aromatic N) is 2. The summed E-state index contributed by atoms with van der Waals surface area (Å²) in [4.78, 5) is 18.6. The van der Waals surface area contributed by atoms with Crippen molar-refractivity contribution in [3.05, 3.63) is 54.2 Å². The molecule has 1 aliphatic carbocycles. The van der Waals surface area contributed by atoms with E-state index >= 15 is 0 Å². The highest BCUT2D eigenvalue weighted by Gasteiger charge is 2.28. The fourth-order valence-corrected chi connectivity index (χ4v) is 5.63. The fraction of sp³-hybridized carbons (Fsp3) is 0.360. The standard InChI is InChI=1S/C25H27N3O2S/c1-15-5-4-6-20(16(15)2)26-24(29)18-9-12-22-23(13-18)31-25-27-21(14-28(22)25)17-7-10-19(30-3)11-8-17/h7-16,20H,4-6H2,1-3H3,(H,26,29)/t15-,16-,20-/m1/s1. The van der Waals surface area contributed by atoms with E-state index in [1.54, 1.807) is 18.4 Å². The summed E-state index contributed by atoms with van der Waals surface area (Å²) >= 11 is 1.61. The molecule has 0 spiro atoms. The number of aromatic nitrogens is 2. The lowest BCUT2D eigenvalue weighted by atomic mass is 9.78. The Labute approximate surface area is 186 Å². The number of benzene rings is 2. The van der Waals surface area contributed by atoms with Crippen LogP contribution in [0.2, 0.25) is 0 Å². The van der Waals surface area contributed by atoms with Gasteiger partial charge in [-0.1, -0.05) is 38.0 Å². The van der Waals surface area contributed by atoms with Gasteiger partial charge >= 0.3 is 0 Å². The molecule has 2 aromatic heterocycles. The molecule has 3 atom stereocenters. The minimum Gasteiger partial charge on any atom is -0.497 e. The van der Waals surface area contributed by atoms with E-state index in [1.807, 2.05) is 42.5 Å². The quantitative estimate of drug-likeness (QED) is 0.444. The fourth-order valence-electron chi connectivity index (χ4n) is 4.58. The van der Waals surface area contributed by atoms with Gasteiger partial charge in [-0.3, -0.25) is 9.20 Å². The highest BCUT2D eigenvalue weighted by Crippen LogP contribution is 2.32. The molecule has 1 saturated carbocycles. The van der Waals surface area contributed by atoms with E-state index in [2.05, 4.69) is 29.8 Å². The normalized spacial score (nSPS) is 21.5. The van der Waals surface area contributed by atoms with Crippen molar-refractivity contribution in [3.8, 4) is 17.0 Å². The van der Waals surface area contributed by atoms with Gasteiger partial charge in [0.05, 0.1) is 23.0 Å². The molecule has 1 aliphatic rings. The van der Waals surface area contributed by atoms with Crippen LogP contribution in [0.5, 0.6) is 5.75 Å². The number of rotatable bonds is 4. The van der Waals surface area contributed by atoms with Crippen LogP contribution >= 0.6 is 11.3 Å². The zero-order valence-electron chi connectivity index (χ0n) is 18.1. The lowest BCUT2D eigenvalue weighted by Gasteiger charge is -2.34. The Kier molecular flexibility index (Phi) is 5.18. The number of fused-ring (bicyclic) bond motifs is 3. The number of hydrogen-bond acceptors (Lipinski definition) is 4. The summed E-state index contributed by atoms with van der Waals surface area (Å²) < 4.78 is 8.41. The first-order chi connectivity index (χ1) is 15.0. The number of carbonyl (C=O) groups is 1. The molecule has 31 heavy (non-hydrogen) atoms. The van der Waals surface area contributed by atoms with E-state index in [9.17, 15) is 4.79 Å². The molecule has 0 radical (unpaired) electrons. The van der Waals surface area contributed by atoms with Gasteiger partial charge in [0, 0.05) is 23.4 Å². The van der Waals surface area contributed by atoms with Crippen LogP contribution in [0, 0.1) is 11.8 Å². The first-order valence-electron chi connectivity index (χ1n) is 10.9. The van der Waals surface area contributed by atoms with Crippen LogP contribution in [0.25, 0.3) is 26.4 Å². The van der Waals surface area contributed by atoms with Crippen molar-refractivity contribution in [1.82, 2.24) is 14.7 Å². The molecule has 1 amide bonds. The van der Waals surface area contributed by atoms with Gasteiger partial charge in [0.15, 0.2) is 4.96 Å². The SMILES string of the molecule is COc1ccc(-c2cn3c(n2)sc2cc(C(=O)N[C@@H]4CCC[C@@H](C)[C@H]4C)ccc23)cc1. The minimum absolute atomic E-state index is 0.0258. The van der Waals surface area contributed by atoms with Crippen molar-refractivity contribution in [2.45, 2.75) is 39.2 Å². The number of imidazole rings is 1. The second-order valence-corrected chi connectivity index (χ2v) is 9.65. The van der Waals surface area contributed by atoms with Crippen LogP contribution in [-0.2, 0) is 0 Å². The second-order valence-electron chi connectivity index (χ2n) is 8.64. The average Bonchev–Trinajstić information content (AvgIpc) is 3.34. The van der Waals surface area contributed by atoms with E-state index in [0.29, 0.717) is 11.8 Å².